The van der Waals surface area contributed by atoms with E-state index in [1.54, 1.807) is 12.1 Å². The molecule has 1 aromatic heterocycles. The van der Waals surface area contributed by atoms with Crippen molar-refractivity contribution in [2.45, 2.75) is 0 Å². The predicted octanol–water partition coefficient (Wildman–Crippen LogP) is 1.53. The Morgan fingerprint density at radius 1 is 1.70 bits per heavy atom. The maximum atomic E-state index is 10.2. The van der Waals surface area contributed by atoms with Crippen molar-refractivity contribution in [2.75, 3.05) is 12.6 Å². The molecule has 1 heterocycles. The molecule has 0 atom stereocenters. The number of thiophene rings is 1. The Morgan fingerprint density at radius 3 is 3.00 bits per heavy atom. The third kappa shape index (κ3) is 1.55. The molecule has 0 bridgehead atoms. The molecule has 0 aliphatic rings. The molecular formula is C6H7NO2S. The van der Waals surface area contributed by atoms with E-state index in [9.17, 15) is 4.79 Å². The molecular weight excluding hydrogens is 150 g/mol. The molecule has 0 saturated heterocycles. The summed E-state index contributed by atoms with van der Waals surface area (Å²) in [4.78, 5) is 15.5. The summed E-state index contributed by atoms with van der Waals surface area (Å²) in [5, 5.41) is 0.838. The highest BCUT2D eigenvalue weighted by atomic mass is 32.1. The Morgan fingerprint density at radius 2 is 2.50 bits per heavy atom. The van der Waals surface area contributed by atoms with Crippen molar-refractivity contribution in [3.63, 3.8) is 0 Å². The van der Waals surface area contributed by atoms with Gasteiger partial charge in [-0.2, -0.15) is 0 Å². The fourth-order valence-electron chi connectivity index (χ4n) is 0.572. The summed E-state index contributed by atoms with van der Waals surface area (Å²) in [5.41, 5.74) is 2.62. The molecule has 0 radical (unpaired) electrons. The van der Waals surface area contributed by atoms with Crippen LogP contribution in [0.15, 0.2) is 12.1 Å². The molecule has 0 fully saturated rings. The van der Waals surface area contributed by atoms with Gasteiger partial charge in [-0.15, -0.1) is 11.3 Å². The normalized spacial score (nSPS) is 9.30. The van der Waals surface area contributed by atoms with E-state index in [4.69, 9.17) is 0 Å². The van der Waals surface area contributed by atoms with Gasteiger partial charge in [0.1, 0.15) is 5.00 Å². The van der Waals surface area contributed by atoms with Crippen LogP contribution >= 0.6 is 11.3 Å². The monoisotopic (exact) mass is 157 g/mol. The fraction of sp³-hybridized carbons (Fsp3) is 0.167. The third-order valence-corrected chi connectivity index (χ3v) is 1.85. The summed E-state index contributed by atoms with van der Waals surface area (Å²) in [6, 6.07) is 3.52. The van der Waals surface area contributed by atoms with Gasteiger partial charge in [0.2, 0.25) is 0 Å². The van der Waals surface area contributed by atoms with Gasteiger partial charge in [-0.3, -0.25) is 15.1 Å². The summed E-state index contributed by atoms with van der Waals surface area (Å²) < 4.78 is 0. The molecule has 10 heavy (non-hydrogen) atoms. The van der Waals surface area contributed by atoms with Gasteiger partial charge in [-0.05, 0) is 12.1 Å². The maximum absolute atomic E-state index is 10.2. The minimum atomic E-state index is 0.694. The number of hydrogen-bond donors (Lipinski definition) is 1. The van der Waals surface area contributed by atoms with Crippen LogP contribution < -0.4 is 5.48 Å². The maximum Gasteiger partial charge on any atom is 0.160 e. The standard InChI is InChI=1S/C6H7NO2S/c1-9-7-6-3-2-5(4-8)10-6/h2-4,7H,1H3. The topological polar surface area (TPSA) is 38.3 Å². The van der Waals surface area contributed by atoms with Crippen LogP contribution in [0.5, 0.6) is 0 Å². The van der Waals surface area contributed by atoms with Gasteiger partial charge in [0.25, 0.3) is 0 Å². The summed E-state index contributed by atoms with van der Waals surface area (Å²) in [6.07, 6.45) is 0.811. The summed E-state index contributed by atoms with van der Waals surface area (Å²) in [6.45, 7) is 0. The lowest BCUT2D eigenvalue weighted by atomic mass is 10.5. The molecule has 0 unspecified atom stereocenters. The fourth-order valence-corrected chi connectivity index (χ4v) is 1.27. The van der Waals surface area contributed by atoms with Crippen molar-refractivity contribution in [1.29, 1.82) is 0 Å². The van der Waals surface area contributed by atoms with Crippen LogP contribution in [0.1, 0.15) is 9.67 Å². The van der Waals surface area contributed by atoms with Crippen LogP contribution in [0.4, 0.5) is 5.00 Å². The number of rotatable bonds is 3. The lowest BCUT2D eigenvalue weighted by molar-refractivity contribution is 0.112. The van der Waals surface area contributed by atoms with E-state index in [1.165, 1.54) is 18.4 Å². The van der Waals surface area contributed by atoms with Crippen LogP contribution in [0, 0.1) is 0 Å². The summed E-state index contributed by atoms with van der Waals surface area (Å²) in [7, 11) is 1.53. The Bertz CT molecular complexity index is 221. The molecule has 0 aliphatic carbocycles. The Kier molecular flexibility index (Phi) is 2.42. The molecule has 3 nitrogen and oxygen atoms in total. The second kappa shape index (κ2) is 3.34. The van der Waals surface area contributed by atoms with Crippen molar-refractivity contribution in [3.05, 3.63) is 17.0 Å². The van der Waals surface area contributed by atoms with E-state index in [0.29, 0.717) is 4.88 Å². The van der Waals surface area contributed by atoms with Crippen LogP contribution in [-0.2, 0) is 4.84 Å². The summed E-state index contributed by atoms with van der Waals surface area (Å²) >= 11 is 1.35. The van der Waals surface area contributed by atoms with Crippen molar-refractivity contribution in [3.8, 4) is 0 Å². The number of anilines is 1. The number of hydrogen-bond acceptors (Lipinski definition) is 4. The third-order valence-electron chi connectivity index (χ3n) is 0.946. The second-order valence-corrected chi connectivity index (χ2v) is 2.74. The number of carbonyl (C=O) groups excluding carboxylic acids is 1. The van der Waals surface area contributed by atoms with Crippen molar-refractivity contribution >= 4 is 22.6 Å². The van der Waals surface area contributed by atoms with Crippen molar-refractivity contribution in [2.24, 2.45) is 0 Å². The van der Waals surface area contributed by atoms with Crippen LogP contribution in [0.3, 0.4) is 0 Å². The SMILES string of the molecule is CONc1ccc(C=O)s1. The molecule has 4 heteroatoms. The Hall–Kier alpha value is -0.870. The van der Waals surface area contributed by atoms with Crippen LogP contribution in [0.2, 0.25) is 0 Å². The first-order valence-electron chi connectivity index (χ1n) is 2.71. The van der Waals surface area contributed by atoms with Gasteiger partial charge in [0.15, 0.2) is 6.29 Å². The number of nitrogens with one attached hydrogen (secondary N) is 1. The Balaban J connectivity index is 2.68. The van der Waals surface area contributed by atoms with Gasteiger partial charge in [0.05, 0.1) is 12.0 Å². The minimum absolute atomic E-state index is 0.694. The van der Waals surface area contributed by atoms with Crippen LogP contribution in [-0.4, -0.2) is 13.4 Å². The molecule has 0 amide bonds. The number of aldehydes is 1. The Labute approximate surface area is 62.6 Å². The quantitative estimate of drug-likeness (QED) is 0.534. The lowest BCUT2D eigenvalue weighted by Crippen LogP contribution is -1.91. The van der Waals surface area contributed by atoms with E-state index >= 15 is 0 Å². The molecule has 1 N–H and O–H groups in total. The number of carbonyl (C=O) groups is 1. The first-order chi connectivity index (χ1) is 4.86. The van der Waals surface area contributed by atoms with Gasteiger partial charge in [-0.1, -0.05) is 0 Å². The van der Waals surface area contributed by atoms with Gasteiger partial charge in [-0.25, -0.2) is 0 Å². The van der Waals surface area contributed by atoms with E-state index in [-0.39, 0.29) is 0 Å². The van der Waals surface area contributed by atoms with E-state index in [0.717, 1.165) is 11.3 Å². The molecule has 54 valence electrons. The molecule has 1 aromatic rings. The predicted molar refractivity (Wildman–Crippen MR) is 40.3 cm³/mol. The van der Waals surface area contributed by atoms with Crippen molar-refractivity contribution in [1.82, 2.24) is 0 Å². The average molecular weight is 157 g/mol. The molecule has 0 aliphatic heterocycles. The highest BCUT2D eigenvalue weighted by Crippen LogP contribution is 2.19. The highest BCUT2D eigenvalue weighted by Gasteiger charge is 1.95. The van der Waals surface area contributed by atoms with E-state index in [1.807, 2.05) is 0 Å². The van der Waals surface area contributed by atoms with E-state index in [2.05, 4.69) is 10.3 Å². The largest absolute Gasteiger partial charge is 0.297 e. The zero-order valence-electron chi connectivity index (χ0n) is 5.46. The van der Waals surface area contributed by atoms with E-state index < -0.39 is 0 Å². The smallest absolute Gasteiger partial charge is 0.160 e. The first kappa shape index (κ1) is 7.24. The van der Waals surface area contributed by atoms with Crippen molar-refractivity contribution < 1.29 is 9.63 Å². The highest BCUT2D eigenvalue weighted by molar-refractivity contribution is 7.17. The minimum Gasteiger partial charge on any atom is -0.297 e. The van der Waals surface area contributed by atoms with Crippen LogP contribution in [0.25, 0.3) is 0 Å². The van der Waals surface area contributed by atoms with Gasteiger partial charge in [0, 0.05) is 0 Å². The zero-order chi connectivity index (χ0) is 7.40. The molecule has 0 aromatic carbocycles. The van der Waals surface area contributed by atoms with Gasteiger partial charge >= 0.3 is 0 Å². The molecule has 1 rings (SSSR count). The second-order valence-electron chi connectivity index (χ2n) is 1.63. The lowest BCUT2D eigenvalue weighted by Gasteiger charge is -1.94. The summed E-state index contributed by atoms with van der Waals surface area (Å²) in [5.74, 6) is 0. The zero-order valence-corrected chi connectivity index (χ0v) is 6.27. The molecule has 0 saturated carbocycles. The average Bonchev–Trinajstić information content (AvgIpc) is 2.37. The van der Waals surface area contributed by atoms with Gasteiger partial charge < -0.3 is 0 Å². The first-order valence-corrected chi connectivity index (χ1v) is 3.52. The molecule has 0 spiro atoms.